The molecular weight excluding hydrogens is 332 g/mol. The molecule has 0 unspecified atom stereocenters. The number of hydrogen-bond acceptors (Lipinski definition) is 4. The molecule has 24 heavy (non-hydrogen) atoms. The van der Waals surface area contributed by atoms with Gasteiger partial charge in [-0.15, -0.1) is 0 Å². The average molecular weight is 349 g/mol. The molecule has 1 amide bonds. The molecule has 0 heterocycles. The van der Waals surface area contributed by atoms with E-state index in [9.17, 15) is 20.0 Å². The predicted molar refractivity (Wildman–Crippen MR) is 91.0 cm³/mol. The van der Waals surface area contributed by atoms with Gasteiger partial charge in [0.2, 0.25) is 5.91 Å². The molecule has 2 N–H and O–H groups in total. The molecule has 0 bridgehead atoms. The van der Waals surface area contributed by atoms with Crippen molar-refractivity contribution >= 4 is 23.2 Å². The van der Waals surface area contributed by atoms with Crippen molar-refractivity contribution in [1.29, 1.82) is 0 Å². The largest absolute Gasteiger partial charge is 0.391 e. The fourth-order valence-corrected chi connectivity index (χ4v) is 2.46. The van der Waals surface area contributed by atoms with E-state index in [0.717, 1.165) is 5.56 Å². The van der Waals surface area contributed by atoms with Gasteiger partial charge in [0.05, 0.1) is 22.5 Å². The van der Waals surface area contributed by atoms with Gasteiger partial charge >= 0.3 is 0 Å². The number of aliphatic hydroxyl groups excluding tert-OH is 1. The minimum Gasteiger partial charge on any atom is -0.391 e. The highest BCUT2D eigenvalue weighted by molar-refractivity contribution is 6.31. The van der Waals surface area contributed by atoms with Gasteiger partial charge in [-0.3, -0.25) is 14.9 Å². The Labute approximate surface area is 144 Å². The minimum absolute atomic E-state index is 0.00507. The van der Waals surface area contributed by atoms with Crippen LogP contribution in [-0.2, 0) is 17.6 Å². The summed E-state index contributed by atoms with van der Waals surface area (Å²) in [5.41, 5.74) is 1.36. The van der Waals surface area contributed by atoms with Crippen LogP contribution in [0.1, 0.15) is 11.1 Å². The molecule has 0 aliphatic carbocycles. The Kier molecular flexibility index (Phi) is 6.28. The topological polar surface area (TPSA) is 92.5 Å². The van der Waals surface area contributed by atoms with E-state index in [1.165, 1.54) is 18.2 Å². The van der Waals surface area contributed by atoms with Crippen LogP contribution < -0.4 is 5.32 Å². The average Bonchev–Trinajstić information content (AvgIpc) is 2.55. The summed E-state index contributed by atoms with van der Waals surface area (Å²) in [4.78, 5) is 22.0. The summed E-state index contributed by atoms with van der Waals surface area (Å²) in [7, 11) is 0. The highest BCUT2D eigenvalue weighted by Gasteiger charge is 2.13. The number of rotatable bonds is 7. The number of amides is 1. The first kappa shape index (κ1) is 17.9. The second-order valence-corrected chi connectivity index (χ2v) is 5.76. The zero-order chi connectivity index (χ0) is 17.5. The first-order valence-corrected chi connectivity index (χ1v) is 7.75. The maximum atomic E-state index is 11.9. The van der Waals surface area contributed by atoms with Crippen molar-refractivity contribution in [1.82, 2.24) is 5.32 Å². The normalized spacial score (nSPS) is 11.8. The van der Waals surface area contributed by atoms with Crippen LogP contribution in [-0.4, -0.2) is 28.6 Å². The van der Waals surface area contributed by atoms with Gasteiger partial charge in [0.15, 0.2) is 0 Å². The number of non-ortho nitro benzene ring substituents is 1. The van der Waals surface area contributed by atoms with Gasteiger partial charge in [0.1, 0.15) is 0 Å². The predicted octanol–water partition coefficient (Wildman–Crippen LogP) is 2.51. The Morgan fingerprint density at radius 1 is 1.25 bits per heavy atom. The monoisotopic (exact) mass is 348 g/mol. The van der Waals surface area contributed by atoms with Crippen molar-refractivity contribution in [3.8, 4) is 0 Å². The highest BCUT2D eigenvalue weighted by atomic mass is 35.5. The number of hydrogen-bond donors (Lipinski definition) is 2. The number of nitrogens with zero attached hydrogens (tertiary/aromatic N) is 1. The molecule has 0 fully saturated rings. The van der Waals surface area contributed by atoms with Crippen LogP contribution in [0, 0.1) is 10.1 Å². The van der Waals surface area contributed by atoms with E-state index in [1.807, 2.05) is 30.3 Å². The summed E-state index contributed by atoms with van der Waals surface area (Å²) in [6, 6.07) is 13.5. The molecular formula is C17H17ClN2O4. The Morgan fingerprint density at radius 3 is 2.58 bits per heavy atom. The third-order valence-corrected chi connectivity index (χ3v) is 3.80. The van der Waals surface area contributed by atoms with Gasteiger partial charge in [-0.05, 0) is 11.1 Å². The fraction of sp³-hybridized carbons (Fsp3) is 0.235. The van der Waals surface area contributed by atoms with Crippen LogP contribution >= 0.6 is 11.6 Å². The molecule has 2 aromatic rings. The lowest BCUT2D eigenvalue weighted by Gasteiger charge is -2.12. The van der Waals surface area contributed by atoms with E-state index in [2.05, 4.69) is 5.32 Å². The molecule has 0 saturated carbocycles. The lowest BCUT2D eigenvalue weighted by Crippen LogP contribution is -2.34. The van der Waals surface area contributed by atoms with Gasteiger partial charge in [0, 0.05) is 25.1 Å². The summed E-state index contributed by atoms with van der Waals surface area (Å²) < 4.78 is 0. The lowest BCUT2D eigenvalue weighted by atomic mass is 10.1. The van der Waals surface area contributed by atoms with Crippen LogP contribution in [0.15, 0.2) is 48.5 Å². The fourth-order valence-electron chi connectivity index (χ4n) is 2.22. The van der Waals surface area contributed by atoms with Crippen molar-refractivity contribution in [2.24, 2.45) is 0 Å². The molecule has 2 rings (SSSR count). The van der Waals surface area contributed by atoms with Crippen LogP contribution in [0.25, 0.3) is 0 Å². The van der Waals surface area contributed by atoms with E-state index < -0.39 is 11.0 Å². The van der Waals surface area contributed by atoms with Crippen molar-refractivity contribution < 1.29 is 14.8 Å². The second-order valence-electron chi connectivity index (χ2n) is 5.36. The Hall–Kier alpha value is -2.44. The smallest absolute Gasteiger partial charge is 0.270 e. The van der Waals surface area contributed by atoms with Crippen molar-refractivity contribution in [3.63, 3.8) is 0 Å². The number of nitro groups is 1. The summed E-state index contributed by atoms with van der Waals surface area (Å²) in [6.45, 7) is 0.123. The molecule has 0 saturated heterocycles. The molecule has 6 nitrogen and oxygen atoms in total. The van der Waals surface area contributed by atoms with E-state index in [4.69, 9.17) is 11.6 Å². The molecule has 0 aliphatic rings. The number of aliphatic hydroxyl groups is 1. The third-order valence-electron chi connectivity index (χ3n) is 3.45. The van der Waals surface area contributed by atoms with Crippen LogP contribution in [0.3, 0.4) is 0 Å². The van der Waals surface area contributed by atoms with Crippen LogP contribution in [0.2, 0.25) is 5.02 Å². The van der Waals surface area contributed by atoms with E-state index in [-0.39, 0.29) is 29.6 Å². The molecule has 2 aromatic carbocycles. The Balaban J connectivity index is 1.84. The molecule has 7 heteroatoms. The summed E-state index contributed by atoms with van der Waals surface area (Å²) in [5.74, 6) is -0.308. The van der Waals surface area contributed by atoms with Crippen LogP contribution in [0.4, 0.5) is 5.69 Å². The number of benzene rings is 2. The SMILES string of the molecule is O=C(Cc1ccc([N+](=O)[O-])cc1Cl)NC[C@@H](O)Cc1ccccc1. The number of halogens is 1. The van der Waals surface area contributed by atoms with Gasteiger partial charge < -0.3 is 10.4 Å². The van der Waals surface area contributed by atoms with E-state index in [0.29, 0.717) is 12.0 Å². The van der Waals surface area contributed by atoms with Gasteiger partial charge in [-0.1, -0.05) is 48.0 Å². The summed E-state index contributed by atoms with van der Waals surface area (Å²) in [5, 5.41) is 23.4. The number of nitrogens with one attached hydrogen (secondary N) is 1. The third kappa shape index (κ3) is 5.33. The number of nitro benzene ring substituents is 1. The maximum absolute atomic E-state index is 11.9. The first-order valence-electron chi connectivity index (χ1n) is 7.37. The summed E-state index contributed by atoms with van der Waals surface area (Å²) in [6.07, 6.45) is -0.252. The maximum Gasteiger partial charge on any atom is 0.270 e. The minimum atomic E-state index is -0.691. The quantitative estimate of drug-likeness (QED) is 0.594. The number of carbonyl (C=O) groups is 1. The summed E-state index contributed by atoms with van der Waals surface area (Å²) >= 11 is 5.95. The second kappa shape index (κ2) is 8.42. The van der Waals surface area contributed by atoms with Crippen molar-refractivity contribution in [2.75, 3.05) is 6.54 Å². The molecule has 0 spiro atoms. The van der Waals surface area contributed by atoms with Gasteiger partial charge in [0.25, 0.3) is 5.69 Å². The van der Waals surface area contributed by atoms with E-state index >= 15 is 0 Å². The molecule has 0 aliphatic heterocycles. The van der Waals surface area contributed by atoms with Crippen molar-refractivity contribution in [3.05, 3.63) is 74.8 Å². The van der Waals surface area contributed by atoms with E-state index in [1.54, 1.807) is 0 Å². The molecule has 1 atom stereocenters. The Morgan fingerprint density at radius 2 is 1.96 bits per heavy atom. The zero-order valence-electron chi connectivity index (χ0n) is 12.8. The molecule has 126 valence electrons. The number of carbonyl (C=O) groups excluding carboxylic acids is 1. The van der Waals surface area contributed by atoms with Crippen LogP contribution in [0.5, 0.6) is 0 Å². The van der Waals surface area contributed by atoms with Crippen molar-refractivity contribution in [2.45, 2.75) is 18.9 Å². The van der Waals surface area contributed by atoms with Gasteiger partial charge in [-0.25, -0.2) is 0 Å². The zero-order valence-corrected chi connectivity index (χ0v) is 13.6. The highest BCUT2D eigenvalue weighted by Crippen LogP contribution is 2.22. The molecule has 0 aromatic heterocycles. The van der Waals surface area contributed by atoms with Gasteiger partial charge in [-0.2, -0.15) is 0 Å². The first-order chi connectivity index (χ1) is 11.5. The molecule has 0 radical (unpaired) electrons. The standard InChI is InChI=1S/C17H17ClN2O4/c18-16-10-14(20(23)24)7-6-13(16)9-17(22)19-11-15(21)8-12-4-2-1-3-5-12/h1-7,10,15,21H,8-9,11H2,(H,19,22)/t15-/m0/s1. The Bertz CT molecular complexity index is 722. The lowest BCUT2D eigenvalue weighted by molar-refractivity contribution is -0.384.